The molecule has 0 amide bonds. The minimum atomic E-state index is -3.91. The molecule has 112 valence electrons. The lowest BCUT2D eigenvalue weighted by Gasteiger charge is -2.23. The highest BCUT2D eigenvalue weighted by Crippen LogP contribution is 2.22. The number of hydrogen-bond donors (Lipinski definition) is 1. The van der Waals surface area contributed by atoms with Crippen molar-refractivity contribution in [2.45, 2.75) is 24.3 Å². The first kappa shape index (κ1) is 17.1. The van der Waals surface area contributed by atoms with E-state index in [-0.39, 0.29) is 16.9 Å². The van der Waals surface area contributed by atoms with Crippen LogP contribution in [0.5, 0.6) is 0 Å². The van der Waals surface area contributed by atoms with Crippen LogP contribution >= 0.6 is 0 Å². The van der Waals surface area contributed by atoms with Crippen molar-refractivity contribution in [3.63, 3.8) is 0 Å². The van der Waals surface area contributed by atoms with Gasteiger partial charge in [0.05, 0.1) is 17.4 Å². The molecule has 0 aliphatic rings. The zero-order valence-corrected chi connectivity index (χ0v) is 12.5. The number of sulfonamides is 1. The fraction of sp³-hybridized carbons (Fsp3) is 0.357. The molecule has 1 unspecified atom stereocenters. The molecular formula is C14H15FN2O3S. The lowest BCUT2D eigenvalue weighted by Crippen LogP contribution is -2.35. The molecule has 0 radical (unpaired) electrons. The molecule has 0 fully saturated rings. The molecular weight excluding hydrogens is 295 g/mol. The van der Waals surface area contributed by atoms with E-state index in [2.05, 4.69) is 11.8 Å². The summed E-state index contributed by atoms with van der Waals surface area (Å²) in [6, 6.07) is 4.53. The SMILES string of the molecule is CC(CC#N)N(C)S(=O)(=O)c1ccc(F)cc1C#CCO. The lowest BCUT2D eigenvalue weighted by molar-refractivity contribution is 0.350. The molecule has 0 heterocycles. The molecule has 0 aliphatic heterocycles. The zero-order chi connectivity index (χ0) is 16.0. The van der Waals surface area contributed by atoms with Gasteiger partial charge in [-0.25, -0.2) is 12.8 Å². The summed E-state index contributed by atoms with van der Waals surface area (Å²) in [6.07, 6.45) is 0.0363. The first-order valence-corrected chi connectivity index (χ1v) is 7.53. The zero-order valence-electron chi connectivity index (χ0n) is 11.7. The van der Waals surface area contributed by atoms with Crippen molar-refractivity contribution in [3.8, 4) is 17.9 Å². The fourth-order valence-electron chi connectivity index (χ4n) is 1.61. The van der Waals surface area contributed by atoms with Gasteiger partial charge in [-0.15, -0.1) is 0 Å². The Hall–Kier alpha value is -1.93. The highest BCUT2D eigenvalue weighted by atomic mass is 32.2. The van der Waals surface area contributed by atoms with E-state index in [1.54, 1.807) is 6.92 Å². The molecule has 1 atom stereocenters. The molecule has 1 aromatic carbocycles. The quantitative estimate of drug-likeness (QED) is 0.844. The number of benzene rings is 1. The Morgan fingerprint density at radius 2 is 2.14 bits per heavy atom. The standard InChI is InChI=1S/C14H15FN2O3S/c1-11(7-8-16)17(2)21(19,20)14-6-5-13(15)10-12(14)4-3-9-18/h5-6,10-11,18H,7,9H2,1-2H3. The van der Waals surface area contributed by atoms with E-state index in [1.807, 2.05) is 6.07 Å². The van der Waals surface area contributed by atoms with Gasteiger partial charge < -0.3 is 5.11 Å². The van der Waals surface area contributed by atoms with Crippen LogP contribution in [0.4, 0.5) is 4.39 Å². The normalized spacial score (nSPS) is 12.4. The molecule has 5 nitrogen and oxygen atoms in total. The van der Waals surface area contributed by atoms with Crippen LogP contribution in [0.2, 0.25) is 0 Å². The molecule has 0 aromatic heterocycles. The molecule has 0 spiro atoms. The minimum Gasteiger partial charge on any atom is -0.384 e. The first-order chi connectivity index (χ1) is 9.84. The molecule has 0 saturated heterocycles. The van der Waals surface area contributed by atoms with Crippen LogP contribution in [0, 0.1) is 29.0 Å². The smallest absolute Gasteiger partial charge is 0.244 e. The average Bonchev–Trinajstić information content (AvgIpc) is 2.44. The van der Waals surface area contributed by atoms with Crippen LogP contribution in [-0.2, 0) is 10.0 Å². The van der Waals surface area contributed by atoms with Crippen molar-refractivity contribution >= 4 is 10.0 Å². The number of nitriles is 1. The van der Waals surface area contributed by atoms with E-state index in [0.29, 0.717) is 0 Å². The maximum Gasteiger partial charge on any atom is 0.244 e. The minimum absolute atomic E-state index is 0.0277. The van der Waals surface area contributed by atoms with E-state index < -0.39 is 28.5 Å². The third kappa shape index (κ3) is 4.02. The summed E-state index contributed by atoms with van der Waals surface area (Å²) in [5, 5.41) is 17.4. The van der Waals surface area contributed by atoms with Crippen molar-refractivity contribution < 1.29 is 17.9 Å². The molecule has 0 bridgehead atoms. The van der Waals surface area contributed by atoms with Gasteiger partial charge in [-0.3, -0.25) is 0 Å². The highest BCUT2D eigenvalue weighted by molar-refractivity contribution is 7.89. The van der Waals surface area contributed by atoms with Gasteiger partial charge in [0.25, 0.3) is 0 Å². The Balaban J connectivity index is 3.35. The highest BCUT2D eigenvalue weighted by Gasteiger charge is 2.27. The van der Waals surface area contributed by atoms with E-state index in [9.17, 15) is 12.8 Å². The van der Waals surface area contributed by atoms with Crippen molar-refractivity contribution in [1.29, 1.82) is 5.26 Å². The van der Waals surface area contributed by atoms with Crippen LogP contribution in [-0.4, -0.2) is 37.5 Å². The molecule has 0 saturated carbocycles. The largest absolute Gasteiger partial charge is 0.384 e. The van der Waals surface area contributed by atoms with Gasteiger partial charge in [0.2, 0.25) is 10.0 Å². The van der Waals surface area contributed by atoms with E-state index in [1.165, 1.54) is 7.05 Å². The molecule has 7 heteroatoms. The monoisotopic (exact) mass is 310 g/mol. The van der Waals surface area contributed by atoms with Crippen LogP contribution in [0.3, 0.4) is 0 Å². The Kier molecular flexibility index (Phi) is 5.86. The number of nitrogens with zero attached hydrogens (tertiary/aromatic N) is 2. The summed E-state index contributed by atoms with van der Waals surface area (Å²) < 4.78 is 39.3. The Morgan fingerprint density at radius 1 is 1.48 bits per heavy atom. The first-order valence-electron chi connectivity index (χ1n) is 6.09. The maximum absolute atomic E-state index is 13.3. The predicted octanol–water partition coefficient (Wildman–Crippen LogP) is 1.09. The van der Waals surface area contributed by atoms with Crippen molar-refractivity contribution in [2.75, 3.05) is 13.7 Å². The Bertz CT molecular complexity index is 714. The van der Waals surface area contributed by atoms with Gasteiger partial charge in [-0.2, -0.15) is 9.57 Å². The third-order valence-corrected chi connectivity index (χ3v) is 4.94. The number of halogens is 1. The molecule has 1 rings (SSSR count). The second-order valence-electron chi connectivity index (χ2n) is 4.33. The fourth-order valence-corrected chi connectivity index (χ4v) is 3.10. The van der Waals surface area contributed by atoms with E-state index in [4.69, 9.17) is 10.4 Å². The summed E-state index contributed by atoms with van der Waals surface area (Å²) >= 11 is 0. The summed E-state index contributed by atoms with van der Waals surface area (Å²) in [6.45, 7) is 1.14. The topological polar surface area (TPSA) is 81.4 Å². The Labute approximate surface area is 123 Å². The summed E-state index contributed by atoms with van der Waals surface area (Å²) in [7, 11) is -2.56. The Morgan fingerprint density at radius 3 is 2.71 bits per heavy atom. The molecule has 0 aliphatic carbocycles. The van der Waals surface area contributed by atoms with Crippen molar-refractivity contribution in [1.82, 2.24) is 4.31 Å². The lowest BCUT2D eigenvalue weighted by atomic mass is 10.2. The van der Waals surface area contributed by atoms with Gasteiger partial charge in [0.15, 0.2) is 0 Å². The third-order valence-electron chi connectivity index (χ3n) is 2.91. The number of aliphatic hydroxyl groups excluding tert-OH is 1. The van der Waals surface area contributed by atoms with Crippen LogP contribution in [0.15, 0.2) is 23.1 Å². The van der Waals surface area contributed by atoms with Gasteiger partial charge in [-0.1, -0.05) is 11.8 Å². The van der Waals surface area contributed by atoms with Crippen LogP contribution < -0.4 is 0 Å². The number of rotatable bonds is 4. The summed E-state index contributed by atoms with van der Waals surface area (Å²) in [5.74, 6) is 4.10. The second-order valence-corrected chi connectivity index (χ2v) is 6.30. The van der Waals surface area contributed by atoms with Gasteiger partial charge in [0.1, 0.15) is 12.4 Å². The molecule has 1 N–H and O–H groups in total. The summed E-state index contributed by atoms with van der Waals surface area (Å²) in [5.41, 5.74) is -0.0277. The van der Waals surface area contributed by atoms with Crippen molar-refractivity contribution in [3.05, 3.63) is 29.6 Å². The predicted molar refractivity (Wildman–Crippen MR) is 75.0 cm³/mol. The van der Waals surface area contributed by atoms with E-state index in [0.717, 1.165) is 22.5 Å². The van der Waals surface area contributed by atoms with Crippen molar-refractivity contribution in [2.24, 2.45) is 0 Å². The summed E-state index contributed by atoms with van der Waals surface area (Å²) in [4.78, 5) is -0.155. The molecule has 21 heavy (non-hydrogen) atoms. The number of hydrogen-bond acceptors (Lipinski definition) is 4. The van der Waals surface area contributed by atoms with Gasteiger partial charge >= 0.3 is 0 Å². The average molecular weight is 310 g/mol. The van der Waals surface area contributed by atoms with Gasteiger partial charge in [-0.05, 0) is 25.1 Å². The van der Waals surface area contributed by atoms with Crippen LogP contribution in [0.25, 0.3) is 0 Å². The molecule has 1 aromatic rings. The van der Waals surface area contributed by atoms with E-state index >= 15 is 0 Å². The maximum atomic E-state index is 13.3. The second kappa shape index (κ2) is 7.19. The van der Waals surface area contributed by atoms with Gasteiger partial charge in [0, 0.05) is 18.7 Å². The van der Waals surface area contributed by atoms with Crippen LogP contribution in [0.1, 0.15) is 18.9 Å². The number of aliphatic hydroxyl groups is 1.